The van der Waals surface area contributed by atoms with Gasteiger partial charge in [0.25, 0.3) is 0 Å². The maximum Gasteiger partial charge on any atom is 0.192 e. The molecule has 0 unspecified atom stereocenters. The van der Waals surface area contributed by atoms with Crippen molar-refractivity contribution in [2.45, 2.75) is 17.5 Å². The van der Waals surface area contributed by atoms with Gasteiger partial charge in [0.2, 0.25) is 0 Å². The fourth-order valence-electron chi connectivity index (χ4n) is 2.37. The number of nitrogens with zero attached hydrogens (tertiary/aromatic N) is 3. The minimum Gasteiger partial charge on any atom is -0.497 e. The maximum absolute atomic E-state index is 5.22. The molecule has 0 fully saturated rings. The summed E-state index contributed by atoms with van der Waals surface area (Å²) in [5.74, 6) is 2.50. The summed E-state index contributed by atoms with van der Waals surface area (Å²) in [4.78, 5) is 0. The van der Waals surface area contributed by atoms with Crippen LogP contribution in [-0.4, -0.2) is 21.9 Å². The average molecular weight is 416 g/mol. The summed E-state index contributed by atoms with van der Waals surface area (Å²) in [6, 6.07) is 16.1. The molecule has 25 heavy (non-hydrogen) atoms. The van der Waals surface area contributed by atoms with Gasteiger partial charge in [-0.1, -0.05) is 45.9 Å². The molecule has 0 N–H and O–H groups in total. The first-order valence-electron chi connectivity index (χ1n) is 7.77. The van der Waals surface area contributed by atoms with E-state index in [0.717, 1.165) is 32.5 Å². The summed E-state index contributed by atoms with van der Waals surface area (Å²) in [5.41, 5.74) is 2.25. The molecule has 3 rings (SSSR count). The van der Waals surface area contributed by atoms with E-state index >= 15 is 0 Å². The normalized spacial score (nSPS) is 10.6. The van der Waals surface area contributed by atoms with Gasteiger partial charge in [-0.25, -0.2) is 0 Å². The molecule has 0 bridgehead atoms. The first kappa shape index (κ1) is 17.8. The van der Waals surface area contributed by atoms with Gasteiger partial charge in [0, 0.05) is 22.3 Å². The Morgan fingerprint density at radius 2 is 1.84 bits per heavy atom. The standard InChI is InChI=1S/C19H18BrN3OS/c1-3-12-23-18(15-6-10-17(24-2)11-7-15)21-22-19(23)25-13-14-4-8-16(20)9-5-14/h3-11H,1,12-13H2,2H3. The Bertz CT molecular complexity index is 844. The third-order valence-corrected chi connectivity index (χ3v) is 5.22. The van der Waals surface area contributed by atoms with Gasteiger partial charge in [0.1, 0.15) is 5.75 Å². The summed E-state index contributed by atoms with van der Waals surface area (Å²) < 4.78 is 8.38. The number of allylic oxidation sites excluding steroid dienone is 1. The van der Waals surface area contributed by atoms with Crippen LogP contribution in [0.5, 0.6) is 5.75 Å². The quantitative estimate of drug-likeness (QED) is 0.392. The summed E-state index contributed by atoms with van der Waals surface area (Å²) in [7, 11) is 1.66. The van der Waals surface area contributed by atoms with Gasteiger partial charge in [0.15, 0.2) is 11.0 Å². The second-order valence-corrected chi connectivity index (χ2v) is 7.21. The number of hydrogen-bond donors (Lipinski definition) is 0. The van der Waals surface area contributed by atoms with Crippen molar-refractivity contribution in [3.05, 3.63) is 71.2 Å². The predicted molar refractivity (Wildman–Crippen MR) is 106 cm³/mol. The van der Waals surface area contributed by atoms with Gasteiger partial charge in [-0.3, -0.25) is 4.57 Å². The first-order chi connectivity index (χ1) is 12.2. The molecule has 2 aromatic carbocycles. The monoisotopic (exact) mass is 415 g/mol. The topological polar surface area (TPSA) is 39.9 Å². The van der Waals surface area contributed by atoms with Crippen LogP contribution in [0.4, 0.5) is 0 Å². The molecule has 0 radical (unpaired) electrons. The zero-order chi connectivity index (χ0) is 17.6. The lowest BCUT2D eigenvalue weighted by Gasteiger charge is -2.08. The number of hydrogen-bond acceptors (Lipinski definition) is 4. The Morgan fingerprint density at radius 3 is 2.48 bits per heavy atom. The van der Waals surface area contributed by atoms with Crippen LogP contribution in [0.3, 0.4) is 0 Å². The number of methoxy groups -OCH3 is 1. The van der Waals surface area contributed by atoms with Crippen LogP contribution >= 0.6 is 27.7 Å². The van der Waals surface area contributed by atoms with Crippen molar-refractivity contribution in [2.24, 2.45) is 0 Å². The lowest BCUT2D eigenvalue weighted by Crippen LogP contribution is -2.00. The summed E-state index contributed by atoms with van der Waals surface area (Å²) in [6.07, 6.45) is 1.86. The minimum atomic E-state index is 0.664. The van der Waals surface area contributed by atoms with Crippen molar-refractivity contribution in [1.82, 2.24) is 14.8 Å². The van der Waals surface area contributed by atoms with E-state index < -0.39 is 0 Å². The third-order valence-electron chi connectivity index (χ3n) is 3.66. The van der Waals surface area contributed by atoms with E-state index in [9.17, 15) is 0 Å². The van der Waals surface area contributed by atoms with E-state index in [1.807, 2.05) is 42.5 Å². The number of thioether (sulfide) groups is 1. The van der Waals surface area contributed by atoms with E-state index in [2.05, 4.69) is 49.4 Å². The van der Waals surface area contributed by atoms with Crippen molar-refractivity contribution in [3.8, 4) is 17.1 Å². The Morgan fingerprint density at radius 1 is 1.12 bits per heavy atom. The van der Waals surface area contributed by atoms with E-state index in [4.69, 9.17) is 4.74 Å². The zero-order valence-electron chi connectivity index (χ0n) is 13.9. The Balaban J connectivity index is 1.83. The molecule has 0 aliphatic carbocycles. The van der Waals surface area contributed by atoms with Gasteiger partial charge in [-0.15, -0.1) is 16.8 Å². The SMILES string of the molecule is C=CCn1c(SCc2ccc(Br)cc2)nnc1-c1ccc(OC)cc1. The van der Waals surface area contributed by atoms with Crippen molar-refractivity contribution in [2.75, 3.05) is 7.11 Å². The molecule has 0 atom stereocenters. The van der Waals surface area contributed by atoms with Gasteiger partial charge >= 0.3 is 0 Å². The molecule has 0 aliphatic heterocycles. The van der Waals surface area contributed by atoms with Gasteiger partial charge in [-0.2, -0.15) is 0 Å². The maximum atomic E-state index is 5.22. The molecule has 0 saturated carbocycles. The Hall–Kier alpha value is -2.05. The number of halogens is 1. The van der Waals surface area contributed by atoms with E-state index in [0.29, 0.717) is 6.54 Å². The van der Waals surface area contributed by atoms with Gasteiger partial charge in [0.05, 0.1) is 7.11 Å². The molecule has 4 nitrogen and oxygen atoms in total. The molecule has 0 saturated heterocycles. The molecule has 128 valence electrons. The van der Waals surface area contributed by atoms with Crippen molar-refractivity contribution < 1.29 is 4.74 Å². The smallest absolute Gasteiger partial charge is 0.192 e. The molecule has 1 heterocycles. The minimum absolute atomic E-state index is 0.664. The van der Waals surface area contributed by atoms with Crippen LogP contribution in [0.1, 0.15) is 5.56 Å². The second kappa shape index (κ2) is 8.36. The summed E-state index contributed by atoms with van der Waals surface area (Å²) >= 11 is 5.13. The highest BCUT2D eigenvalue weighted by molar-refractivity contribution is 9.10. The van der Waals surface area contributed by atoms with Crippen LogP contribution in [0.2, 0.25) is 0 Å². The Labute approximate surface area is 160 Å². The lowest BCUT2D eigenvalue weighted by atomic mass is 10.2. The first-order valence-corrected chi connectivity index (χ1v) is 9.55. The summed E-state index contributed by atoms with van der Waals surface area (Å²) in [5, 5.41) is 9.64. The summed E-state index contributed by atoms with van der Waals surface area (Å²) in [6.45, 7) is 4.52. The van der Waals surface area contributed by atoms with E-state index in [1.165, 1.54) is 5.56 Å². The van der Waals surface area contributed by atoms with Crippen LogP contribution in [0, 0.1) is 0 Å². The zero-order valence-corrected chi connectivity index (χ0v) is 16.3. The number of rotatable bonds is 7. The van der Waals surface area contributed by atoms with E-state index in [1.54, 1.807) is 18.9 Å². The largest absolute Gasteiger partial charge is 0.497 e. The van der Waals surface area contributed by atoms with Crippen LogP contribution in [-0.2, 0) is 12.3 Å². The third kappa shape index (κ3) is 4.32. The fourth-order valence-corrected chi connectivity index (χ4v) is 3.54. The molecule has 0 aliphatic rings. The number of ether oxygens (including phenoxy) is 1. The van der Waals surface area contributed by atoms with Gasteiger partial charge < -0.3 is 4.74 Å². The Kier molecular flexibility index (Phi) is 5.94. The molecule has 0 amide bonds. The van der Waals surface area contributed by atoms with Gasteiger partial charge in [-0.05, 0) is 42.0 Å². The van der Waals surface area contributed by atoms with Crippen LogP contribution in [0.25, 0.3) is 11.4 Å². The van der Waals surface area contributed by atoms with Crippen LogP contribution in [0.15, 0.2) is 70.8 Å². The average Bonchev–Trinajstić information content (AvgIpc) is 3.04. The molecule has 1 aromatic heterocycles. The molecular weight excluding hydrogens is 398 g/mol. The number of benzene rings is 2. The van der Waals surface area contributed by atoms with E-state index in [-0.39, 0.29) is 0 Å². The molecule has 0 spiro atoms. The second-order valence-electron chi connectivity index (χ2n) is 5.35. The fraction of sp³-hybridized carbons (Fsp3) is 0.158. The predicted octanol–water partition coefficient (Wildman–Crippen LogP) is 5.19. The highest BCUT2D eigenvalue weighted by Crippen LogP contribution is 2.27. The molecule has 6 heteroatoms. The molecule has 3 aromatic rings. The molecular formula is C19H18BrN3OS. The lowest BCUT2D eigenvalue weighted by molar-refractivity contribution is 0.415. The number of aromatic nitrogens is 3. The van der Waals surface area contributed by atoms with Crippen molar-refractivity contribution in [1.29, 1.82) is 0 Å². The van der Waals surface area contributed by atoms with Crippen molar-refractivity contribution in [3.63, 3.8) is 0 Å². The highest BCUT2D eigenvalue weighted by Gasteiger charge is 2.13. The van der Waals surface area contributed by atoms with Crippen LogP contribution < -0.4 is 4.74 Å². The highest BCUT2D eigenvalue weighted by atomic mass is 79.9. The van der Waals surface area contributed by atoms with Crippen molar-refractivity contribution >= 4 is 27.7 Å².